The van der Waals surface area contributed by atoms with Gasteiger partial charge in [-0.25, -0.2) is 0 Å². The Hall–Kier alpha value is -2.44. The van der Waals surface area contributed by atoms with E-state index in [9.17, 15) is 19.7 Å². The minimum Gasteiger partial charge on any atom is -0.353 e. The largest absolute Gasteiger partial charge is 0.353 e. The number of hydrogen-bond donors (Lipinski definition) is 1. The summed E-state index contributed by atoms with van der Waals surface area (Å²) in [6.07, 6.45) is 0. The molecule has 1 saturated heterocycles. The number of nitro groups is 1. The van der Waals surface area contributed by atoms with Crippen LogP contribution in [-0.4, -0.2) is 40.8 Å². The van der Waals surface area contributed by atoms with Crippen molar-refractivity contribution in [3.05, 3.63) is 39.4 Å². The van der Waals surface area contributed by atoms with E-state index in [0.29, 0.717) is 24.2 Å². The van der Waals surface area contributed by atoms with E-state index >= 15 is 0 Å². The van der Waals surface area contributed by atoms with E-state index < -0.39 is 11.0 Å². The Kier molecular flexibility index (Phi) is 3.69. The summed E-state index contributed by atoms with van der Waals surface area (Å²) in [7, 11) is 0. The number of aryl methyl sites for hydroxylation is 1. The highest BCUT2D eigenvalue weighted by Crippen LogP contribution is 2.20. The van der Waals surface area contributed by atoms with Crippen molar-refractivity contribution in [3.63, 3.8) is 0 Å². The average Bonchev–Trinajstić information content (AvgIpc) is 2.41. The van der Waals surface area contributed by atoms with Crippen LogP contribution in [0, 0.1) is 17.0 Å². The van der Waals surface area contributed by atoms with Crippen molar-refractivity contribution in [1.82, 2.24) is 10.2 Å². The number of hydrogen-bond acceptors (Lipinski definition) is 4. The van der Waals surface area contributed by atoms with Crippen molar-refractivity contribution >= 4 is 17.5 Å². The van der Waals surface area contributed by atoms with Crippen LogP contribution in [-0.2, 0) is 4.79 Å². The van der Waals surface area contributed by atoms with E-state index in [0.717, 1.165) is 0 Å². The van der Waals surface area contributed by atoms with Gasteiger partial charge in [-0.05, 0) is 25.5 Å². The average molecular weight is 277 g/mol. The van der Waals surface area contributed by atoms with Gasteiger partial charge in [-0.3, -0.25) is 19.7 Å². The van der Waals surface area contributed by atoms with Crippen LogP contribution >= 0.6 is 0 Å². The molecule has 0 spiro atoms. The predicted octanol–water partition coefficient (Wildman–Crippen LogP) is 0.864. The molecule has 0 bridgehead atoms. The number of nitrogens with zero attached hydrogens (tertiary/aromatic N) is 2. The van der Waals surface area contributed by atoms with Crippen LogP contribution in [0.2, 0.25) is 0 Å². The number of carbonyl (C=O) groups is 2. The smallest absolute Gasteiger partial charge is 0.269 e. The van der Waals surface area contributed by atoms with Crippen molar-refractivity contribution in [2.24, 2.45) is 0 Å². The van der Waals surface area contributed by atoms with Crippen LogP contribution < -0.4 is 5.32 Å². The lowest BCUT2D eigenvalue weighted by Gasteiger charge is -2.33. The number of amides is 2. The van der Waals surface area contributed by atoms with Crippen LogP contribution in [0.25, 0.3) is 0 Å². The fourth-order valence-electron chi connectivity index (χ4n) is 2.22. The van der Waals surface area contributed by atoms with Crippen molar-refractivity contribution in [2.45, 2.75) is 19.9 Å². The van der Waals surface area contributed by atoms with Crippen LogP contribution in [0.5, 0.6) is 0 Å². The number of benzene rings is 1. The Balaban J connectivity index is 2.29. The molecule has 1 aromatic carbocycles. The summed E-state index contributed by atoms with van der Waals surface area (Å²) < 4.78 is 0. The highest BCUT2D eigenvalue weighted by atomic mass is 16.6. The number of carbonyl (C=O) groups excluding carboxylic acids is 2. The Morgan fingerprint density at radius 2 is 2.20 bits per heavy atom. The number of nitro benzene ring substituents is 1. The molecule has 0 radical (unpaired) electrons. The van der Waals surface area contributed by atoms with Crippen LogP contribution in [0.1, 0.15) is 22.8 Å². The highest BCUT2D eigenvalue weighted by Gasteiger charge is 2.30. The lowest BCUT2D eigenvalue weighted by atomic mass is 10.0. The first-order valence-electron chi connectivity index (χ1n) is 6.25. The molecule has 1 heterocycles. The molecule has 1 N–H and O–H groups in total. The molecule has 7 heteroatoms. The Morgan fingerprint density at radius 3 is 2.80 bits per heavy atom. The van der Waals surface area contributed by atoms with Gasteiger partial charge in [-0.1, -0.05) is 0 Å². The van der Waals surface area contributed by atoms with Gasteiger partial charge < -0.3 is 10.2 Å². The monoisotopic (exact) mass is 277 g/mol. The maximum Gasteiger partial charge on any atom is 0.269 e. The van der Waals surface area contributed by atoms with Gasteiger partial charge in [0.05, 0.1) is 4.92 Å². The molecule has 0 aliphatic carbocycles. The van der Waals surface area contributed by atoms with Gasteiger partial charge in [0.1, 0.15) is 6.04 Å². The normalized spacial score (nSPS) is 18.6. The summed E-state index contributed by atoms with van der Waals surface area (Å²) in [5.41, 5.74) is 0.864. The third kappa shape index (κ3) is 2.47. The lowest BCUT2D eigenvalue weighted by molar-refractivity contribution is -0.384. The molecule has 1 atom stereocenters. The quantitative estimate of drug-likeness (QED) is 0.641. The summed E-state index contributed by atoms with van der Waals surface area (Å²) in [4.78, 5) is 35.7. The van der Waals surface area contributed by atoms with Gasteiger partial charge in [0.25, 0.3) is 11.6 Å². The Morgan fingerprint density at radius 1 is 1.50 bits per heavy atom. The molecule has 0 saturated carbocycles. The molecule has 1 aliphatic heterocycles. The zero-order valence-electron chi connectivity index (χ0n) is 11.3. The third-order valence-electron chi connectivity index (χ3n) is 3.41. The van der Waals surface area contributed by atoms with Crippen LogP contribution in [0.3, 0.4) is 0 Å². The molecule has 106 valence electrons. The molecule has 2 rings (SSSR count). The Bertz CT molecular complexity index is 585. The van der Waals surface area contributed by atoms with Gasteiger partial charge in [-0.15, -0.1) is 0 Å². The second-order valence-electron chi connectivity index (χ2n) is 4.72. The highest BCUT2D eigenvalue weighted by molar-refractivity contribution is 5.99. The molecule has 2 amide bonds. The van der Waals surface area contributed by atoms with Crippen LogP contribution in [0.4, 0.5) is 5.69 Å². The summed E-state index contributed by atoms with van der Waals surface area (Å²) in [6, 6.07) is 3.57. The Labute approximate surface area is 115 Å². The molecule has 7 nitrogen and oxygen atoms in total. The van der Waals surface area contributed by atoms with Crippen molar-refractivity contribution < 1.29 is 14.5 Å². The molecule has 1 aromatic rings. The summed E-state index contributed by atoms with van der Waals surface area (Å²) >= 11 is 0. The van der Waals surface area contributed by atoms with E-state index in [-0.39, 0.29) is 17.5 Å². The SMILES string of the molecule is Cc1cc([N+](=O)[O-])ccc1C(=O)N1CCNC(=O)C1C. The van der Waals surface area contributed by atoms with E-state index in [1.807, 2.05) is 0 Å². The van der Waals surface area contributed by atoms with Gasteiger partial charge in [0.15, 0.2) is 0 Å². The van der Waals surface area contributed by atoms with Gasteiger partial charge in [-0.2, -0.15) is 0 Å². The number of rotatable bonds is 2. The number of nitrogens with one attached hydrogen (secondary N) is 1. The van der Waals surface area contributed by atoms with E-state index in [1.165, 1.54) is 23.1 Å². The number of piperazine rings is 1. The summed E-state index contributed by atoms with van der Waals surface area (Å²) in [6.45, 7) is 4.16. The molecule has 1 fully saturated rings. The first-order valence-corrected chi connectivity index (χ1v) is 6.25. The minimum atomic E-state index is -0.536. The zero-order valence-corrected chi connectivity index (χ0v) is 11.3. The first kappa shape index (κ1) is 14.0. The van der Waals surface area contributed by atoms with Crippen LogP contribution in [0.15, 0.2) is 18.2 Å². The predicted molar refractivity (Wildman–Crippen MR) is 71.3 cm³/mol. The van der Waals surface area contributed by atoms with Crippen molar-refractivity contribution in [1.29, 1.82) is 0 Å². The summed E-state index contributed by atoms with van der Waals surface area (Å²) in [5, 5.41) is 13.4. The van der Waals surface area contributed by atoms with Gasteiger partial charge in [0.2, 0.25) is 5.91 Å². The second kappa shape index (κ2) is 5.28. The van der Waals surface area contributed by atoms with Gasteiger partial charge in [0, 0.05) is 30.8 Å². The third-order valence-corrected chi connectivity index (χ3v) is 3.41. The standard InChI is InChI=1S/C13H15N3O4/c1-8-7-10(16(19)20)3-4-11(8)13(18)15-6-5-14-12(17)9(15)2/h3-4,7,9H,5-6H2,1-2H3,(H,14,17). The topological polar surface area (TPSA) is 92.6 Å². The fraction of sp³-hybridized carbons (Fsp3) is 0.385. The van der Waals surface area contributed by atoms with Crippen molar-refractivity contribution in [2.75, 3.05) is 13.1 Å². The molecular weight excluding hydrogens is 262 g/mol. The molecular formula is C13H15N3O4. The maximum atomic E-state index is 12.4. The zero-order chi connectivity index (χ0) is 14.9. The second-order valence-corrected chi connectivity index (χ2v) is 4.72. The summed E-state index contributed by atoms with van der Waals surface area (Å²) in [5.74, 6) is -0.469. The van der Waals surface area contributed by atoms with Crippen molar-refractivity contribution in [3.8, 4) is 0 Å². The molecule has 0 aromatic heterocycles. The molecule has 1 aliphatic rings. The number of non-ortho nitro benzene ring substituents is 1. The fourth-order valence-corrected chi connectivity index (χ4v) is 2.22. The van der Waals surface area contributed by atoms with E-state index in [1.54, 1.807) is 13.8 Å². The lowest BCUT2D eigenvalue weighted by Crippen LogP contribution is -2.55. The minimum absolute atomic E-state index is 0.0523. The van der Waals surface area contributed by atoms with Gasteiger partial charge >= 0.3 is 0 Å². The van der Waals surface area contributed by atoms with E-state index in [2.05, 4.69) is 5.32 Å². The molecule has 1 unspecified atom stereocenters. The van der Waals surface area contributed by atoms with E-state index in [4.69, 9.17) is 0 Å². The first-order chi connectivity index (χ1) is 9.41. The molecule has 20 heavy (non-hydrogen) atoms. The maximum absolute atomic E-state index is 12.4.